The van der Waals surface area contributed by atoms with Gasteiger partial charge in [0.25, 0.3) is 0 Å². The molecule has 1 aromatic heterocycles. The summed E-state index contributed by atoms with van der Waals surface area (Å²) in [6, 6.07) is 8.27. The van der Waals surface area contributed by atoms with Crippen LogP contribution < -0.4 is 5.32 Å². The average Bonchev–Trinajstić information content (AvgIpc) is 2.85. The van der Waals surface area contributed by atoms with Gasteiger partial charge in [-0.3, -0.25) is 4.99 Å². The lowest BCUT2D eigenvalue weighted by molar-refractivity contribution is 0.462. The minimum atomic E-state index is 0. The van der Waals surface area contributed by atoms with E-state index in [-0.39, 0.29) is 24.0 Å². The van der Waals surface area contributed by atoms with Crippen molar-refractivity contribution in [1.82, 2.24) is 19.8 Å². The van der Waals surface area contributed by atoms with Crippen LogP contribution in [-0.2, 0) is 6.54 Å². The number of nitrogens with one attached hydrogen (secondary N) is 1. The summed E-state index contributed by atoms with van der Waals surface area (Å²) < 4.78 is 2.25. The van der Waals surface area contributed by atoms with Crippen molar-refractivity contribution in [2.24, 2.45) is 4.99 Å². The second-order valence-electron chi connectivity index (χ2n) is 5.55. The minimum absolute atomic E-state index is 0. The Hall–Kier alpha value is -1.31. The fourth-order valence-corrected chi connectivity index (χ4v) is 2.64. The molecule has 1 heterocycles. The number of nitrogens with zero attached hydrogens (tertiary/aromatic N) is 4. The van der Waals surface area contributed by atoms with Gasteiger partial charge in [-0.25, -0.2) is 4.98 Å². The molecule has 2 aromatic rings. The lowest BCUT2D eigenvalue weighted by Gasteiger charge is -2.22. The predicted molar refractivity (Wildman–Crippen MR) is 109 cm³/mol. The van der Waals surface area contributed by atoms with E-state index in [1.165, 1.54) is 18.4 Å². The van der Waals surface area contributed by atoms with Gasteiger partial charge in [0.1, 0.15) is 5.82 Å². The molecule has 0 atom stereocenters. The number of imidazole rings is 1. The zero-order chi connectivity index (χ0) is 15.9. The predicted octanol–water partition coefficient (Wildman–Crippen LogP) is 3.27. The third-order valence-electron chi connectivity index (χ3n) is 3.88. The van der Waals surface area contributed by atoms with Crippen molar-refractivity contribution < 1.29 is 0 Å². The molecule has 0 aliphatic heterocycles. The molecule has 0 fully saturated rings. The summed E-state index contributed by atoms with van der Waals surface area (Å²) >= 11 is 0. The van der Waals surface area contributed by atoms with Gasteiger partial charge in [-0.15, -0.1) is 24.0 Å². The minimum Gasteiger partial charge on any atom is -0.354 e. The highest BCUT2D eigenvalue weighted by molar-refractivity contribution is 14.0. The van der Waals surface area contributed by atoms with E-state index in [0.717, 1.165) is 36.9 Å². The van der Waals surface area contributed by atoms with Crippen molar-refractivity contribution in [2.45, 2.75) is 33.2 Å². The van der Waals surface area contributed by atoms with E-state index in [0.29, 0.717) is 0 Å². The second kappa shape index (κ2) is 9.75. The van der Waals surface area contributed by atoms with Crippen LogP contribution in [0.4, 0.5) is 0 Å². The molecule has 0 unspecified atom stereocenters. The van der Waals surface area contributed by atoms with Crippen LogP contribution >= 0.6 is 24.0 Å². The Morgan fingerprint density at radius 2 is 2.09 bits per heavy atom. The third-order valence-corrected chi connectivity index (χ3v) is 3.88. The van der Waals surface area contributed by atoms with Gasteiger partial charge in [-0.05, 0) is 25.5 Å². The van der Waals surface area contributed by atoms with Crippen LogP contribution in [0, 0.1) is 6.92 Å². The van der Waals surface area contributed by atoms with Gasteiger partial charge in [-0.1, -0.05) is 25.5 Å². The number of para-hydroxylation sites is 2. The highest BCUT2D eigenvalue weighted by Gasteiger charge is 2.08. The quantitative estimate of drug-likeness (QED) is 0.436. The molecule has 0 bridgehead atoms. The first-order chi connectivity index (χ1) is 10.7. The zero-order valence-corrected chi connectivity index (χ0v) is 16.9. The molecule has 128 valence electrons. The van der Waals surface area contributed by atoms with Gasteiger partial charge in [0, 0.05) is 33.7 Å². The summed E-state index contributed by atoms with van der Waals surface area (Å²) in [4.78, 5) is 11.1. The van der Waals surface area contributed by atoms with Crippen molar-refractivity contribution in [2.75, 3.05) is 27.2 Å². The van der Waals surface area contributed by atoms with Gasteiger partial charge in [0.15, 0.2) is 5.96 Å². The van der Waals surface area contributed by atoms with Crippen molar-refractivity contribution in [3.8, 4) is 0 Å². The molecule has 0 saturated heterocycles. The fraction of sp³-hybridized carbons (Fsp3) is 0.529. The lowest BCUT2D eigenvalue weighted by atomic mass is 10.3. The van der Waals surface area contributed by atoms with E-state index < -0.39 is 0 Å². The van der Waals surface area contributed by atoms with Crippen LogP contribution in [0.5, 0.6) is 0 Å². The summed E-state index contributed by atoms with van der Waals surface area (Å²) in [6.07, 6.45) is 2.38. The Kier molecular flexibility index (Phi) is 8.36. The molecular weight excluding hydrogens is 401 g/mol. The molecule has 0 saturated carbocycles. The van der Waals surface area contributed by atoms with Gasteiger partial charge in [-0.2, -0.15) is 0 Å². The van der Waals surface area contributed by atoms with Crippen molar-refractivity contribution in [1.29, 1.82) is 0 Å². The Labute approximate surface area is 156 Å². The van der Waals surface area contributed by atoms with Gasteiger partial charge < -0.3 is 14.8 Å². The number of unbranched alkanes of at least 4 members (excludes halogenated alkanes) is 1. The molecule has 5 nitrogen and oxygen atoms in total. The molecule has 0 aliphatic rings. The fourth-order valence-electron chi connectivity index (χ4n) is 2.64. The highest BCUT2D eigenvalue weighted by Crippen LogP contribution is 2.14. The number of benzene rings is 1. The zero-order valence-electron chi connectivity index (χ0n) is 14.5. The van der Waals surface area contributed by atoms with E-state index in [9.17, 15) is 0 Å². The maximum atomic E-state index is 4.60. The summed E-state index contributed by atoms with van der Waals surface area (Å²) in [5, 5.41) is 3.44. The van der Waals surface area contributed by atoms with E-state index in [4.69, 9.17) is 0 Å². The van der Waals surface area contributed by atoms with Crippen LogP contribution in [0.15, 0.2) is 29.3 Å². The molecule has 6 heteroatoms. The number of guanidine groups is 1. The summed E-state index contributed by atoms with van der Waals surface area (Å²) in [6.45, 7) is 7.01. The van der Waals surface area contributed by atoms with Crippen molar-refractivity contribution in [3.63, 3.8) is 0 Å². The van der Waals surface area contributed by atoms with Crippen LogP contribution in [0.1, 0.15) is 25.6 Å². The highest BCUT2D eigenvalue weighted by atomic mass is 127. The summed E-state index contributed by atoms with van der Waals surface area (Å²) in [7, 11) is 3.92. The van der Waals surface area contributed by atoms with E-state index in [2.05, 4.69) is 63.9 Å². The molecule has 1 aromatic carbocycles. The summed E-state index contributed by atoms with van der Waals surface area (Å²) in [5.74, 6) is 2.01. The topological polar surface area (TPSA) is 45.5 Å². The Bertz CT molecular complexity index is 635. The second-order valence-corrected chi connectivity index (χ2v) is 5.55. The van der Waals surface area contributed by atoms with E-state index in [1.54, 1.807) is 0 Å². The smallest absolute Gasteiger partial charge is 0.193 e. The Morgan fingerprint density at radius 3 is 2.78 bits per heavy atom. The van der Waals surface area contributed by atoms with Crippen molar-refractivity contribution in [3.05, 3.63) is 30.1 Å². The van der Waals surface area contributed by atoms with Crippen molar-refractivity contribution >= 4 is 41.0 Å². The van der Waals surface area contributed by atoms with E-state index in [1.807, 2.05) is 13.1 Å². The number of fused-ring (bicyclic) bond motifs is 1. The Morgan fingerprint density at radius 1 is 1.35 bits per heavy atom. The van der Waals surface area contributed by atoms with E-state index >= 15 is 0 Å². The maximum Gasteiger partial charge on any atom is 0.193 e. The SMILES string of the molecule is CCCCN(C)C(=NC)NCCn1c(C)nc2ccccc21.I. The molecule has 2 rings (SSSR count). The first-order valence-corrected chi connectivity index (χ1v) is 8.01. The first-order valence-electron chi connectivity index (χ1n) is 8.01. The van der Waals surface area contributed by atoms with Gasteiger partial charge in [0.05, 0.1) is 11.0 Å². The molecule has 23 heavy (non-hydrogen) atoms. The normalized spacial score (nSPS) is 11.4. The third kappa shape index (κ3) is 5.09. The maximum absolute atomic E-state index is 4.60. The van der Waals surface area contributed by atoms with Crippen LogP contribution in [0.25, 0.3) is 11.0 Å². The number of aromatic nitrogens is 2. The number of hydrogen-bond donors (Lipinski definition) is 1. The van der Waals surface area contributed by atoms with Crippen LogP contribution in [0.2, 0.25) is 0 Å². The number of rotatable bonds is 6. The number of aliphatic imine (C=N–C) groups is 1. The molecule has 0 radical (unpaired) electrons. The largest absolute Gasteiger partial charge is 0.354 e. The number of hydrogen-bond acceptors (Lipinski definition) is 2. The Balaban J connectivity index is 0.00000264. The van der Waals surface area contributed by atoms with Crippen LogP contribution in [-0.4, -0.2) is 47.6 Å². The summed E-state index contributed by atoms with van der Waals surface area (Å²) in [5.41, 5.74) is 2.25. The van der Waals surface area contributed by atoms with Gasteiger partial charge in [0.2, 0.25) is 0 Å². The van der Waals surface area contributed by atoms with Gasteiger partial charge >= 0.3 is 0 Å². The molecule has 1 N–H and O–H groups in total. The lowest BCUT2D eigenvalue weighted by Crippen LogP contribution is -2.40. The average molecular weight is 429 g/mol. The molecular formula is C17H28IN5. The standard InChI is InChI=1S/C17H27N5.HI/c1-5-6-12-21(4)17(18-3)19-11-13-22-14(2)20-15-9-7-8-10-16(15)22;/h7-10H,5-6,11-13H2,1-4H3,(H,18,19);1H. The number of halogens is 1. The molecule has 0 spiro atoms. The van der Waals surface area contributed by atoms with Crippen LogP contribution in [0.3, 0.4) is 0 Å². The number of aryl methyl sites for hydroxylation is 1. The molecule has 0 aliphatic carbocycles. The first kappa shape index (κ1) is 19.7. The molecule has 0 amide bonds. The monoisotopic (exact) mass is 429 g/mol.